The van der Waals surface area contributed by atoms with E-state index in [0.717, 1.165) is 19.6 Å². The van der Waals surface area contributed by atoms with Crippen LogP contribution >= 0.6 is 0 Å². The van der Waals surface area contributed by atoms with Crippen molar-refractivity contribution >= 4 is 5.91 Å². The monoisotopic (exact) mass is 243 g/mol. The second kappa shape index (κ2) is 5.80. The fraction of sp³-hybridized carbons (Fsp3) is 0.917. The van der Waals surface area contributed by atoms with Crippen molar-refractivity contribution in [3.63, 3.8) is 0 Å². The quantitative estimate of drug-likeness (QED) is 0.686. The van der Waals surface area contributed by atoms with Gasteiger partial charge in [-0.1, -0.05) is 6.92 Å². The maximum atomic E-state index is 11.5. The Morgan fingerprint density at radius 1 is 1.65 bits per heavy atom. The van der Waals surface area contributed by atoms with Gasteiger partial charge in [-0.25, -0.2) is 0 Å². The number of rotatable bonds is 6. The SMILES string of the molecule is CCNC(C)(CN(C)C1CCOC1C)C(N)=O. The average Bonchev–Trinajstić information content (AvgIpc) is 2.64. The molecule has 100 valence electrons. The molecular weight excluding hydrogens is 218 g/mol. The smallest absolute Gasteiger partial charge is 0.238 e. The fourth-order valence-electron chi connectivity index (χ4n) is 2.53. The van der Waals surface area contributed by atoms with Gasteiger partial charge in [0.05, 0.1) is 6.10 Å². The number of carbonyl (C=O) groups is 1. The van der Waals surface area contributed by atoms with Crippen LogP contribution in [0.15, 0.2) is 0 Å². The van der Waals surface area contributed by atoms with Gasteiger partial charge in [0, 0.05) is 19.2 Å². The van der Waals surface area contributed by atoms with E-state index >= 15 is 0 Å². The van der Waals surface area contributed by atoms with Crippen molar-refractivity contribution in [1.29, 1.82) is 0 Å². The standard InChI is InChI=1S/C12H25N3O2/c1-5-14-12(3,11(13)16)8-15(4)10-6-7-17-9(10)2/h9-10,14H,5-8H2,1-4H3,(H2,13,16). The van der Waals surface area contributed by atoms with Gasteiger partial charge in [-0.2, -0.15) is 0 Å². The van der Waals surface area contributed by atoms with E-state index in [2.05, 4.69) is 17.1 Å². The van der Waals surface area contributed by atoms with E-state index in [1.54, 1.807) is 0 Å². The van der Waals surface area contributed by atoms with Gasteiger partial charge < -0.3 is 15.8 Å². The van der Waals surface area contributed by atoms with Crippen molar-refractivity contribution in [2.45, 2.75) is 44.9 Å². The first kappa shape index (κ1) is 14.4. The number of nitrogens with one attached hydrogen (secondary N) is 1. The number of amides is 1. The number of likely N-dealkylation sites (N-methyl/N-ethyl adjacent to an activating group) is 2. The maximum absolute atomic E-state index is 11.5. The summed E-state index contributed by atoms with van der Waals surface area (Å²) in [6.45, 7) is 8.03. The van der Waals surface area contributed by atoms with Crippen molar-refractivity contribution < 1.29 is 9.53 Å². The van der Waals surface area contributed by atoms with Gasteiger partial charge in [-0.3, -0.25) is 9.69 Å². The Morgan fingerprint density at radius 2 is 2.29 bits per heavy atom. The number of hydrogen-bond donors (Lipinski definition) is 2. The molecule has 0 saturated carbocycles. The number of carbonyl (C=O) groups excluding carboxylic acids is 1. The van der Waals surface area contributed by atoms with Crippen LogP contribution in [0.3, 0.4) is 0 Å². The van der Waals surface area contributed by atoms with E-state index in [1.807, 2.05) is 20.9 Å². The summed E-state index contributed by atoms with van der Waals surface area (Å²) in [6.07, 6.45) is 1.23. The zero-order chi connectivity index (χ0) is 13.1. The van der Waals surface area contributed by atoms with Crippen LogP contribution in [0.25, 0.3) is 0 Å². The van der Waals surface area contributed by atoms with Crippen molar-refractivity contribution in [3.05, 3.63) is 0 Å². The molecule has 0 bridgehead atoms. The van der Waals surface area contributed by atoms with E-state index in [-0.39, 0.29) is 12.0 Å². The highest BCUT2D eigenvalue weighted by molar-refractivity contribution is 5.84. The Hall–Kier alpha value is -0.650. The molecule has 5 heteroatoms. The molecule has 1 aliphatic rings. The lowest BCUT2D eigenvalue weighted by molar-refractivity contribution is -0.124. The largest absolute Gasteiger partial charge is 0.377 e. The van der Waals surface area contributed by atoms with E-state index < -0.39 is 5.54 Å². The third kappa shape index (κ3) is 3.40. The molecule has 5 nitrogen and oxygen atoms in total. The predicted octanol–water partition coefficient (Wildman–Crippen LogP) is -0.0509. The molecule has 1 rings (SSSR count). The predicted molar refractivity (Wildman–Crippen MR) is 67.7 cm³/mol. The van der Waals surface area contributed by atoms with Crippen LogP contribution < -0.4 is 11.1 Å². The molecule has 1 saturated heterocycles. The van der Waals surface area contributed by atoms with Gasteiger partial charge >= 0.3 is 0 Å². The molecule has 0 aromatic rings. The molecule has 0 aromatic carbocycles. The van der Waals surface area contributed by atoms with E-state index in [0.29, 0.717) is 12.6 Å². The minimum atomic E-state index is -0.675. The molecule has 3 N–H and O–H groups in total. The van der Waals surface area contributed by atoms with Gasteiger partial charge in [-0.15, -0.1) is 0 Å². The highest BCUT2D eigenvalue weighted by atomic mass is 16.5. The third-order valence-corrected chi connectivity index (χ3v) is 3.58. The van der Waals surface area contributed by atoms with Gasteiger partial charge in [0.1, 0.15) is 5.54 Å². The van der Waals surface area contributed by atoms with E-state index in [9.17, 15) is 4.79 Å². The number of nitrogens with zero attached hydrogens (tertiary/aromatic N) is 1. The molecule has 17 heavy (non-hydrogen) atoms. The molecule has 1 fully saturated rings. The van der Waals surface area contributed by atoms with Crippen LogP contribution in [0.5, 0.6) is 0 Å². The molecule has 1 amide bonds. The molecule has 3 atom stereocenters. The summed E-state index contributed by atoms with van der Waals surface area (Å²) in [7, 11) is 2.02. The summed E-state index contributed by atoms with van der Waals surface area (Å²) in [6, 6.07) is 0.368. The normalized spacial score (nSPS) is 28.3. The molecule has 0 aromatic heterocycles. The van der Waals surface area contributed by atoms with E-state index in [1.165, 1.54) is 0 Å². The number of primary amides is 1. The van der Waals surface area contributed by atoms with Crippen LogP contribution in [0.1, 0.15) is 27.2 Å². The lowest BCUT2D eigenvalue weighted by Crippen LogP contribution is -2.60. The topological polar surface area (TPSA) is 67.6 Å². The molecular formula is C12H25N3O2. The summed E-state index contributed by atoms with van der Waals surface area (Å²) in [5, 5.41) is 3.17. The van der Waals surface area contributed by atoms with Gasteiger partial charge in [-0.05, 0) is 33.9 Å². The summed E-state index contributed by atoms with van der Waals surface area (Å²) in [5.41, 5.74) is 4.80. The van der Waals surface area contributed by atoms with Crippen LogP contribution in [-0.4, -0.2) is 55.2 Å². The molecule has 0 spiro atoms. The Morgan fingerprint density at radius 3 is 2.71 bits per heavy atom. The first-order valence-electron chi connectivity index (χ1n) is 6.27. The summed E-state index contributed by atoms with van der Waals surface area (Å²) < 4.78 is 5.54. The first-order valence-corrected chi connectivity index (χ1v) is 6.27. The second-order valence-corrected chi connectivity index (χ2v) is 5.07. The van der Waals surface area contributed by atoms with Gasteiger partial charge in [0.2, 0.25) is 5.91 Å². The number of hydrogen-bond acceptors (Lipinski definition) is 4. The van der Waals surface area contributed by atoms with Crippen LogP contribution in [0.2, 0.25) is 0 Å². The molecule has 3 unspecified atom stereocenters. The number of nitrogens with two attached hydrogens (primary N) is 1. The zero-order valence-corrected chi connectivity index (χ0v) is 11.3. The van der Waals surface area contributed by atoms with Gasteiger partial charge in [0.25, 0.3) is 0 Å². The second-order valence-electron chi connectivity index (χ2n) is 5.07. The molecule has 0 aliphatic carbocycles. The fourth-order valence-corrected chi connectivity index (χ4v) is 2.53. The molecule has 0 radical (unpaired) electrons. The highest BCUT2D eigenvalue weighted by Gasteiger charge is 2.36. The van der Waals surface area contributed by atoms with Crippen molar-refractivity contribution in [2.24, 2.45) is 5.73 Å². The van der Waals surface area contributed by atoms with Crippen LogP contribution in [0, 0.1) is 0 Å². The van der Waals surface area contributed by atoms with Crippen molar-refractivity contribution in [1.82, 2.24) is 10.2 Å². The van der Waals surface area contributed by atoms with Crippen LogP contribution in [-0.2, 0) is 9.53 Å². The highest BCUT2D eigenvalue weighted by Crippen LogP contribution is 2.20. The summed E-state index contributed by atoms with van der Waals surface area (Å²) in [5.74, 6) is -0.308. The Kier molecular flexibility index (Phi) is 4.91. The first-order chi connectivity index (χ1) is 7.90. The summed E-state index contributed by atoms with van der Waals surface area (Å²) in [4.78, 5) is 13.7. The third-order valence-electron chi connectivity index (χ3n) is 3.58. The maximum Gasteiger partial charge on any atom is 0.238 e. The number of ether oxygens (including phenoxy) is 1. The Bertz CT molecular complexity index is 272. The van der Waals surface area contributed by atoms with Crippen molar-refractivity contribution in [2.75, 3.05) is 26.7 Å². The van der Waals surface area contributed by atoms with Crippen LogP contribution in [0.4, 0.5) is 0 Å². The summed E-state index contributed by atoms with van der Waals surface area (Å²) >= 11 is 0. The molecule has 1 heterocycles. The van der Waals surface area contributed by atoms with Gasteiger partial charge in [0.15, 0.2) is 0 Å². The lowest BCUT2D eigenvalue weighted by atomic mass is 9.99. The Labute approximate surface area is 104 Å². The van der Waals surface area contributed by atoms with Crippen molar-refractivity contribution in [3.8, 4) is 0 Å². The average molecular weight is 243 g/mol. The minimum absolute atomic E-state index is 0.221. The molecule has 1 aliphatic heterocycles. The Balaban J connectivity index is 2.63. The lowest BCUT2D eigenvalue weighted by Gasteiger charge is -2.35. The zero-order valence-electron chi connectivity index (χ0n) is 11.3. The van der Waals surface area contributed by atoms with E-state index in [4.69, 9.17) is 10.5 Å². The minimum Gasteiger partial charge on any atom is -0.377 e.